The molecule has 0 aliphatic carbocycles. The second-order valence-electron chi connectivity index (χ2n) is 5.35. The van der Waals surface area contributed by atoms with E-state index in [-0.39, 0.29) is 0 Å². The first-order valence-electron chi connectivity index (χ1n) is 6.94. The van der Waals surface area contributed by atoms with Crippen LogP contribution in [0.1, 0.15) is 31.5 Å². The van der Waals surface area contributed by atoms with Crippen LogP contribution >= 0.6 is 11.3 Å². The maximum atomic E-state index is 11.3. The number of benzene rings is 1. The van der Waals surface area contributed by atoms with Gasteiger partial charge in [-0.05, 0) is 20.3 Å². The molecule has 1 aromatic carbocycles. The molecule has 0 aliphatic rings. The number of nitrogens with one attached hydrogen (secondary N) is 1. The molecule has 21 heavy (non-hydrogen) atoms. The highest BCUT2D eigenvalue weighted by atomic mass is 32.1. The summed E-state index contributed by atoms with van der Waals surface area (Å²) in [5, 5.41) is 15.3. The van der Waals surface area contributed by atoms with Crippen molar-refractivity contribution in [2.75, 3.05) is 0 Å². The van der Waals surface area contributed by atoms with Gasteiger partial charge in [0.15, 0.2) is 0 Å². The van der Waals surface area contributed by atoms with Crippen molar-refractivity contribution in [2.24, 2.45) is 0 Å². The second-order valence-corrected chi connectivity index (χ2v) is 6.21. The Morgan fingerprint density at radius 2 is 2.05 bits per heavy atom. The first-order chi connectivity index (χ1) is 9.94. The molecule has 0 aliphatic heterocycles. The molecule has 0 fully saturated rings. The summed E-state index contributed by atoms with van der Waals surface area (Å²) in [4.78, 5) is 15.8. The van der Waals surface area contributed by atoms with Gasteiger partial charge >= 0.3 is 5.97 Å². The lowest BCUT2D eigenvalue weighted by molar-refractivity contribution is -0.144. The van der Waals surface area contributed by atoms with E-state index in [0.717, 1.165) is 16.3 Å². The molecular formula is C16H20N2O2S. The zero-order valence-electron chi connectivity index (χ0n) is 12.5. The van der Waals surface area contributed by atoms with E-state index >= 15 is 0 Å². The number of aryl methyl sites for hydroxylation is 1. The van der Waals surface area contributed by atoms with Gasteiger partial charge in [-0.25, -0.2) is 4.98 Å². The van der Waals surface area contributed by atoms with Crippen molar-refractivity contribution < 1.29 is 9.90 Å². The summed E-state index contributed by atoms with van der Waals surface area (Å²) >= 11 is 1.58. The fraction of sp³-hybridized carbons (Fsp3) is 0.375. The average Bonchev–Trinajstić information content (AvgIpc) is 2.94. The first kappa shape index (κ1) is 15.7. The van der Waals surface area contributed by atoms with Crippen LogP contribution in [0.4, 0.5) is 0 Å². The van der Waals surface area contributed by atoms with Crippen molar-refractivity contribution in [3.8, 4) is 10.6 Å². The third-order valence-corrected chi connectivity index (χ3v) is 4.63. The molecule has 0 radical (unpaired) electrons. The van der Waals surface area contributed by atoms with E-state index in [4.69, 9.17) is 0 Å². The Hall–Kier alpha value is -1.72. The van der Waals surface area contributed by atoms with E-state index in [1.807, 2.05) is 12.3 Å². The Balaban J connectivity index is 2.07. The molecule has 0 spiro atoms. The van der Waals surface area contributed by atoms with Crippen LogP contribution in [0.5, 0.6) is 0 Å². The zero-order valence-corrected chi connectivity index (χ0v) is 13.3. The van der Waals surface area contributed by atoms with Crippen molar-refractivity contribution in [3.05, 3.63) is 40.9 Å². The Bertz CT molecular complexity index is 621. The fourth-order valence-corrected chi connectivity index (χ4v) is 2.68. The van der Waals surface area contributed by atoms with Crippen molar-refractivity contribution in [1.82, 2.24) is 10.3 Å². The maximum Gasteiger partial charge on any atom is 0.323 e. The number of rotatable bonds is 6. The number of carboxylic acids is 1. The van der Waals surface area contributed by atoms with Crippen molar-refractivity contribution in [3.63, 3.8) is 0 Å². The highest BCUT2D eigenvalue weighted by molar-refractivity contribution is 7.13. The number of thiazole rings is 1. The summed E-state index contributed by atoms with van der Waals surface area (Å²) < 4.78 is 0. The minimum Gasteiger partial charge on any atom is -0.480 e. The van der Waals surface area contributed by atoms with Gasteiger partial charge in [-0.15, -0.1) is 11.3 Å². The maximum absolute atomic E-state index is 11.3. The molecule has 2 N–H and O–H groups in total. The molecule has 4 nitrogen and oxygen atoms in total. The van der Waals surface area contributed by atoms with Gasteiger partial charge in [-0.1, -0.05) is 36.8 Å². The average molecular weight is 304 g/mol. The lowest BCUT2D eigenvalue weighted by atomic mass is 9.99. The summed E-state index contributed by atoms with van der Waals surface area (Å²) in [6.07, 6.45) is 0.525. The van der Waals surface area contributed by atoms with Crippen LogP contribution in [-0.2, 0) is 11.3 Å². The van der Waals surface area contributed by atoms with E-state index in [9.17, 15) is 9.90 Å². The summed E-state index contributed by atoms with van der Waals surface area (Å²) in [5.41, 5.74) is 2.27. The number of hydrogen-bond donors (Lipinski definition) is 2. The highest BCUT2D eigenvalue weighted by Crippen LogP contribution is 2.24. The van der Waals surface area contributed by atoms with Crippen molar-refractivity contribution in [2.45, 2.75) is 39.3 Å². The number of carbonyl (C=O) groups is 1. The monoisotopic (exact) mass is 304 g/mol. The Morgan fingerprint density at radius 3 is 2.62 bits per heavy atom. The second kappa shape index (κ2) is 6.37. The van der Waals surface area contributed by atoms with Crippen LogP contribution in [0.15, 0.2) is 29.6 Å². The molecule has 5 heteroatoms. The first-order valence-corrected chi connectivity index (χ1v) is 7.82. The molecule has 1 aromatic heterocycles. The van der Waals surface area contributed by atoms with E-state index in [1.165, 1.54) is 5.56 Å². The third-order valence-electron chi connectivity index (χ3n) is 3.69. The van der Waals surface area contributed by atoms with Gasteiger partial charge in [0.2, 0.25) is 0 Å². The Labute approximate surface area is 128 Å². The lowest BCUT2D eigenvalue weighted by Crippen LogP contribution is -2.48. The van der Waals surface area contributed by atoms with Crippen molar-refractivity contribution in [1.29, 1.82) is 0 Å². The molecule has 1 atom stereocenters. The quantitative estimate of drug-likeness (QED) is 0.858. The number of aromatic nitrogens is 1. The van der Waals surface area contributed by atoms with Crippen LogP contribution < -0.4 is 5.32 Å². The predicted octanol–water partition coefficient (Wildman–Crippen LogP) is 3.46. The summed E-state index contributed by atoms with van der Waals surface area (Å²) in [6, 6.07) is 8.23. The number of hydrogen-bond acceptors (Lipinski definition) is 4. The molecule has 0 saturated heterocycles. The standard InChI is InChI=1S/C16H20N2O2S/c1-4-16(3,15(19)20)17-9-13-10-21-14(18-13)12-7-5-11(2)6-8-12/h5-8,10,17H,4,9H2,1-3H3,(H,19,20). The normalized spacial score (nSPS) is 13.9. The topological polar surface area (TPSA) is 62.2 Å². The molecule has 0 saturated carbocycles. The third kappa shape index (κ3) is 3.68. The molecule has 1 unspecified atom stereocenters. The van der Waals surface area contributed by atoms with E-state index < -0.39 is 11.5 Å². The van der Waals surface area contributed by atoms with Gasteiger partial charge in [0, 0.05) is 17.5 Å². The molecule has 112 valence electrons. The molecule has 2 aromatic rings. The van der Waals surface area contributed by atoms with E-state index in [0.29, 0.717) is 13.0 Å². The Kier molecular flexibility index (Phi) is 4.75. The summed E-state index contributed by atoms with van der Waals surface area (Å²) in [7, 11) is 0. The highest BCUT2D eigenvalue weighted by Gasteiger charge is 2.30. The number of carboxylic acid groups (broad SMARTS) is 1. The minimum atomic E-state index is -0.909. The molecular weight excluding hydrogens is 284 g/mol. The van der Waals surface area contributed by atoms with Crippen LogP contribution in [-0.4, -0.2) is 21.6 Å². The molecule has 0 amide bonds. The van der Waals surface area contributed by atoms with Gasteiger partial charge in [0.25, 0.3) is 0 Å². The minimum absolute atomic E-state index is 0.457. The largest absolute Gasteiger partial charge is 0.480 e. The predicted molar refractivity (Wildman–Crippen MR) is 85.5 cm³/mol. The number of nitrogens with zero attached hydrogens (tertiary/aromatic N) is 1. The van der Waals surface area contributed by atoms with Gasteiger partial charge in [0.05, 0.1) is 5.69 Å². The summed E-state index contributed by atoms with van der Waals surface area (Å²) in [6.45, 7) is 6.07. The molecule has 1 heterocycles. The lowest BCUT2D eigenvalue weighted by Gasteiger charge is -2.24. The van der Waals surface area contributed by atoms with Gasteiger partial charge in [-0.2, -0.15) is 0 Å². The SMILES string of the molecule is CCC(C)(NCc1csc(-c2ccc(C)cc2)n1)C(=O)O. The van der Waals surface area contributed by atoms with Gasteiger partial charge < -0.3 is 5.11 Å². The van der Waals surface area contributed by atoms with Gasteiger partial charge in [-0.3, -0.25) is 10.1 Å². The van der Waals surface area contributed by atoms with Crippen LogP contribution in [0.25, 0.3) is 10.6 Å². The zero-order chi connectivity index (χ0) is 15.5. The summed E-state index contributed by atoms with van der Waals surface area (Å²) in [5.74, 6) is -0.834. The van der Waals surface area contributed by atoms with Crippen LogP contribution in [0, 0.1) is 6.92 Å². The number of aliphatic carboxylic acids is 1. The van der Waals surface area contributed by atoms with E-state index in [1.54, 1.807) is 18.3 Å². The van der Waals surface area contributed by atoms with Crippen LogP contribution in [0.3, 0.4) is 0 Å². The fourth-order valence-electron chi connectivity index (χ4n) is 1.85. The molecule has 0 bridgehead atoms. The van der Waals surface area contributed by atoms with Crippen molar-refractivity contribution >= 4 is 17.3 Å². The molecule has 2 rings (SSSR count). The van der Waals surface area contributed by atoms with Crippen LogP contribution in [0.2, 0.25) is 0 Å². The van der Waals surface area contributed by atoms with E-state index in [2.05, 4.69) is 41.5 Å². The smallest absolute Gasteiger partial charge is 0.323 e. The van der Waals surface area contributed by atoms with Gasteiger partial charge in [0.1, 0.15) is 10.5 Å². The Morgan fingerprint density at radius 1 is 1.38 bits per heavy atom.